The Morgan fingerprint density at radius 3 is 2.68 bits per heavy atom. The molecule has 1 heterocycles. The van der Waals surface area contributed by atoms with E-state index in [9.17, 15) is 4.79 Å². The third-order valence-electron chi connectivity index (χ3n) is 7.00. The highest BCUT2D eigenvalue weighted by Crippen LogP contribution is 2.50. The van der Waals surface area contributed by atoms with Gasteiger partial charge in [-0.25, -0.2) is 4.98 Å². The van der Waals surface area contributed by atoms with Gasteiger partial charge in [-0.15, -0.1) is 6.58 Å². The molecule has 0 radical (unpaired) electrons. The monoisotopic (exact) mass is 392 g/mol. The first kappa shape index (κ1) is 18.2. The molecule has 0 bridgehead atoms. The maximum atomic E-state index is 14.0. The highest BCUT2D eigenvalue weighted by molar-refractivity contribution is 7.99. The summed E-state index contributed by atoms with van der Waals surface area (Å²) in [6.07, 6.45) is 12.2. The Kier molecular flexibility index (Phi) is 4.70. The van der Waals surface area contributed by atoms with Gasteiger partial charge in [0.05, 0.1) is 11.3 Å². The minimum Gasteiger partial charge on any atom is -0.284 e. The van der Waals surface area contributed by atoms with E-state index < -0.39 is 0 Å². The van der Waals surface area contributed by atoms with Crippen LogP contribution in [-0.4, -0.2) is 15.3 Å². The van der Waals surface area contributed by atoms with Gasteiger partial charge in [-0.2, -0.15) is 0 Å². The molecule has 0 aliphatic heterocycles. The van der Waals surface area contributed by atoms with Crippen molar-refractivity contribution in [2.75, 3.05) is 5.75 Å². The lowest BCUT2D eigenvalue weighted by atomic mass is 9.68. The smallest absolute Gasteiger partial charge is 0.258 e. The molecule has 5 rings (SSSR count). The molecule has 2 aromatic rings. The summed E-state index contributed by atoms with van der Waals surface area (Å²) >= 11 is 1.66. The molecule has 0 saturated heterocycles. The molecule has 3 nitrogen and oxygen atoms in total. The van der Waals surface area contributed by atoms with Gasteiger partial charge >= 0.3 is 0 Å². The summed E-state index contributed by atoms with van der Waals surface area (Å²) in [5.41, 5.74) is 4.77. The van der Waals surface area contributed by atoms with Crippen molar-refractivity contribution >= 4 is 11.8 Å². The molecule has 1 aromatic carbocycles. The number of hydrogen-bond acceptors (Lipinski definition) is 3. The maximum Gasteiger partial charge on any atom is 0.258 e. The van der Waals surface area contributed by atoms with Crippen molar-refractivity contribution in [1.82, 2.24) is 9.55 Å². The lowest BCUT2D eigenvalue weighted by molar-refractivity contribution is 0.395. The Morgan fingerprint density at radius 1 is 1.18 bits per heavy atom. The van der Waals surface area contributed by atoms with E-state index in [0.717, 1.165) is 54.3 Å². The molecule has 4 heteroatoms. The summed E-state index contributed by atoms with van der Waals surface area (Å²) in [5.74, 6) is 0.782. The first-order valence-electron chi connectivity index (χ1n) is 10.7. The largest absolute Gasteiger partial charge is 0.284 e. The number of rotatable bonds is 4. The molecular weight excluding hydrogens is 364 g/mol. The number of aromatic nitrogens is 2. The van der Waals surface area contributed by atoms with E-state index in [1.54, 1.807) is 11.8 Å². The van der Waals surface area contributed by atoms with E-state index in [1.807, 2.05) is 6.08 Å². The van der Waals surface area contributed by atoms with Crippen LogP contribution in [0.4, 0.5) is 0 Å². The Hall–Kier alpha value is -1.81. The van der Waals surface area contributed by atoms with Gasteiger partial charge in [0, 0.05) is 22.8 Å². The Bertz CT molecular complexity index is 965. The van der Waals surface area contributed by atoms with E-state index in [2.05, 4.69) is 35.4 Å². The predicted octanol–water partition coefficient (Wildman–Crippen LogP) is 5.67. The van der Waals surface area contributed by atoms with Gasteiger partial charge < -0.3 is 0 Å². The van der Waals surface area contributed by atoms with E-state index in [1.165, 1.54) is 36.8 Å². The fourth-order valence-corrected chi connectivity index (χ4v) is 6.54. The molecule has 28 heavy (non-hydrogen) atoms. The molecule has 3 aliphatic carbocycles. The van der Waals surface area contributed by atoms with Crippen LogP contribution in [0.15, 0.2) is 46.9 Å². The zero-order valence-electron chi connectivity index (χ0n) is 16.5. The van der Waals surface area contributed by atoms with Gasteiger partial charge in [0.1, 0.15) is 0 Å². The zero-order chi connectivity index (χ0) is 19.1. The lowest BCUT2D eigenvalue weighted by Crippen LogP contribution is -2.41. The van der Waals surface area contributed by atoms with E-state index in [4.69, 9.17) is 4.98 Å². The topological polar surface area (TPSA) is 34.9 Å². The molecule has 0 unspecified atom stereocenters. The Labute approximate surface area is 171 Å². The van der Waals surface area contributed by atoms with E-state index >= 15 is 0 Å². The second-order valence-electron chi connectivity index (χ2n) is 8.65. The minimum absolute atomic E-state index is 0.00421. The molecular formula is C24H28N2OS. The number of benzene rings is 1. The van der Waals surface area contributed by atoms with Crippen LogP contribution in [0.5, 0.6) is 0 Å². The van der Waals surface area contributed by atoms with Crippen molar-refractivity contribution in [3.05, 3.63) is 58.4 Å². The SMILES string of the molecule is C=CCSc1nc2c(c(=O)n1C1CCCC1)C1(CCCC1)Cc1ccccc1-2. The van der Waals surface area contributed by atoms with Crippen LogP contribution in [-0.2, 0) is 11.8 Å². The van der Waals surface area contributed by atoms with Gasteiger partial charge in [-0.05, 0) is 37.7 Å². The van der Waals surface area contributed by atoms with Gasteiger partial charge in [0.25, 0.3) is 5.56 Å². The second-order valence-corrected chi connectivity index (χ2v) is 9.64. The molecule has 2 saturated carbocycles. The standard InChI is InChI=1S/C24H28N2OS/c1-2-15-28-23-25-21-19-12-6-3-9-17(19)16-24(13-7-8-14-24)20(21)22(27)26(23)18-10-4-5-11-18/h2-3,6,9,12,18H,1,4-5,7-8,10-11,13-16H2. The molecule has 3 aliphatic rings. The summed E-state index contributed by atoms with van der Waals surface area (Å²) in [6, 6.07) is 8.91. The number of nitrogens with zero attached hydrogens (tertiary/aromatic N) is 2. The van der Waals surface area contributed by atoms with Crippen molar-refractivity contribution in [3.63, 3.8) is 0 Å². The number of thioether (sulfide) groups is 1. The maximum absolute atomic E-state index is 14.0. The van der Waals surface area contributed by atoms with Crippen LogP contribution in [0.2, 0.25) is 0 Å². The van der Waals surface area contributed by atoms with Crippen molar-refractivity contribution in [2.45, 2.75) is 74.4 Å². The number of fused-ring (bicyclic) bond motifs is 4. The molecule has 1 spiro atoms. The quantitative estimate of drug-likeness (QED) is 0.382. The highest BCUT2D eigenvalue weighted by Gasteiger charge is 2.45. The molecule has 0 amide bonds. The average molecular weight is 393 g/mol. The van der Waals surface area contributed by atoms with Crippen LogP contribution < -0.4 is 5.56 Å². The van der Waals surface area contributed by atoms with Gasteiger partial charge in [0.15, 0.2) is 5.16 Å². The second kappa shape index (κ2) is 7.22. The van der Waals surface area contributed by atoms with Crippen LogP contribution >= 0.6 is 11.8 Å². The van der Waals surface area contributed by atoms with Crippen LogP contribution in [0.1, 0.15) is 68.5 Å². The van der Waals surface area contributed by atoms with E-state index in [0.29, 0.717) is 6.04 Å². The number of hydrogen-bond donors (Lipinski definition) is 0. The predicted molar refractivity (Wildman–Crippen MR) is 116 cm³/mol. The zero-order valence-corrected chi connectivity index (χ0v) is 17.3. The van der Waals surface area contributed by atoms with Gasteiger partial charge in [-0.1, -0.05) is 67.8 Å². The Balaban J connectivity index is 1.78. The van der Waals surface area contributed by atoms with E-state index in [-0.39, 0.29) is 11.0 Å². The normalized spacial score (nSPS) is 20.3. The molecule has 1 aromatic heterocycles. The first-order valence-corrected chi connectivity index (χ1v) is 11.7. The van der Waals surface area contributed by atoms with Crippen LogP contribution in [0.3, 0.4) is 0 Å². The lowest BCUT2D eigenvalue weighted by Gasteiger charge is -2.37. The van der Waals surface area contributed by atoms with Crippen molar-refractivity contribution in [2.24, 2.45) is 0 Å². The van der Waals surface area contributed by atoms with Gasteiger partial charge in [0.2, 0.25) is 0 Å². The van der Waals surface area contributed by atoms with Crippen molar-refractivity contribution < 1.29 is 0 Å². The third-order valence-corrected chi connectivity index (χ3v) is 7.94. The third kappa shape index (κ3) is 2.80. The summed E-state index contributed by atoms with van der Waals surface area (Å²) in [6.45, 7) is 3.87. The summed E-state index contributed by atoms with van der Waals surface area (Å²) in [5, 5.41) is 0.889. The molecule has 0 N–H and O–H groups in total. The van der Waals surface area contributed by atoms with Crippen LogP contribution in [0, 0.1) is 0 Å². The van der Waals surface area contributed by atoms with Gasteiger partial charge in [-0.3, -0.25) is 9.36 Å². The summed E-state index contributed by atoms with van der Waals surface area (Å²) in [7, 11) is 0. The first-order chi connectivity index (χ1) is 13.7. The Morgan fingerprint density at radius 2 is 1.93 bits per heavy atom. The fraction of sp³-hybridized carbons (Fsp3) is 0.500. The van der Waals surface area contributed by atoms with Crippen molar-refractivity contribution in [1.29, 1.82) is 0 Å². The van der Waals surface area contributed by atoms with Crippen LogP contribution in [0.25, 0.3) is 11.3 Å². The average Bonchev–Trinajstić information content (AvgIpc) is 3.39. The molecule has 146 valence electrons. The summed E-state index contributed by atoms with van der Waals surface area (Å²) in [4.78, 5) is 19.2. The fourth-order valence-electron chi connectivity index (χ4n) is 5.74. The summed E-state index contributed by atoms with van der Waals surface area (Å²) < 4.78 is 2.08. The minimum atomic E-state index is -0.00421. The van der Waals surface area contributed by atoms with Crippen molar-refractivity contribution in [3.8, 4) is 11.3 Å². The highest BCUT2D eigenvalue weighted by atomic mass is 32.2. The molecule has 2 fully saturated rings. The molecule has 0 atom stereocenters.